The van der Waals surface area contributed by atoms with Crippen molar-refractivity contribution in [3.05, 3.63) is 35.9 Å². The Bertz CT molecular complexity index is 402. The van der Waals surface area contributed by atoms with Gasteiger partial charge in [-0.15, -0.1) is 0 Å². The molecular weight excluding hydrogens is 240 g/mol. The van der Waals surface area contributed by atoms with Gasteiger partial charge in [0.2, 0.25) is 5.91 Å². The van der Waals surface area contributed by atoms with Crippen molar-refractivity contribution in [2.75, 3.05) is 13.1 Å². The number of amides is 1. The molecule has 1 saturated heterocycles. The third-order valence-electron chi connectivity index (χ3n) is 3.58. The Morgan fingerprint density at radius 2 is 2.21 bits per heavy atom. The van der Waals surface area contributed by atoms with Crippen LogP contribution in [0.3, 0.4) is 0 Å². The Kier molecular flexibility index (Phi) is 4.93. The van der Waals surface area contributed by atoms with Crippen LogP contribution in [-0.2, 0) is 4.79 Å². The molecule has 1 aromatic carbocycles. The van der Waals surface area contributed by atoms with Gasteiger partial charge in [-0.05, 0) is 31.9 Å². The molecule has 19 heavy (non-hydrogen) atoms. The topological polar surface area (TPSA) is 61.4 Å². The minimum atomic E-state index is -0.529. The highest BCUT2D eigenvalue weighted by Crippen LogP contribution is 2.18. The van der Waals surface area contributed by atoms with Crippen LogP contribution in [0.5, 0.6) is 0 Å². The van der Waals surface area contributed by atoms with Gasteiger partial charge in [0.05, 0.1) is 12.0 Å². The van der Waals surface area contributed by atoms with E-state index in [9.17, 15) is 9.90 Å². The number of nitrogens with one attached hydrogen (secondary N) is 2. The Morgan fingerprint density at radius 3 is 2.84 bits per heavy atom. The Morgan fingerprint density at radius 1 is 1.47 bits per heavy atom. The smallest absolute Gasteiger partial charge is 0.224 e. The maximum Gasteiger partial charge on any atom is 0.224 e. The van der Waals surface area contributed by atoms with Crippen molar-refractivity contribution in [1.82, 2.24) is 10.6 Å². The summed E-state index contributed by atoms with van der Waals surface area (Å²) in [6.45, 7) is 3.62. The molecule has 0 bridgehead atoms. The van der Waals surface area contributed by atoms with Gasteiger partial charge in [-0.3, -0.25) is 4.79 Å². The summed E-state index contributed by atoms with van der Waals surface area (Å²) in [5, 5.41) is 16.3. The van der Waals surface area contributed by atoms with Crippen molar-refractivity contribution in [3.8, 4) is 0 Å². The van der Waals surface area contributed by atoms with E-state index in [1.807, 2.05) is 37.3 Å². The average Bonchev–Trinajstić information content (AvgIpc) is 2.93. The van der Waals surface area contributed by atoms with E-state index in [-0.39, 0.29) is 17.9 Å². The summed E-state index contributed by atoms with van der Waals surface area (Å²) in [6.07, 6.45) is 0.911. The second-order valence-electron chi connectivity index (χ2n) is 5.26. The molecule has 2 rings (SSSR count). The molecule has 0 spiro atoms. The summed E-state index contributed by atoms with van der Waals surface area (Å²) < 4.78 is 0. The van der Waals surface area contributed by atoms with Crippen molar-refractivity contribution in [2.45, 2.75) is 31.9 Å². The molecule has 0 radical (unpaired) electrons. The predicted molar refractivity (Wildman–Crippen MR) is 74.6 cm³/mol. The Balaban J connectivity index is 1.80. The first kappa shape index (κ1) is 14.0. The highest BCUT2D eigenvalue weighted by atomic mass is 16.3. The van der Waals surface area contributed by atoms with Gasteiger partial charge < -0.3 is 15.7 Å². The molecule has 4 heteroatoms. The summed E-state index contributed by atoms with van der Waals surface area (Å²) in [4.78, 5) is 11.9. The first-order valence-corrected chi connectivity index (χ1v) is 6.91. The monoisotopic (exact) mass is 262 g/mol. The second-order valence-corrected chi connectivity index (χ2v) is 5.26. The number of carbonyl (C=O) groups excluding carboxylic acids is 1. The van der Waals surface area contributed by atoms with E-state index < -0.39 is 6.10 Å². The van der Waals surface area contributed by atoms with Crippen LogP contribution < -0.4 is 10.6 Å². The van der Waals surface area contributed by atoms with Crippen LogP contribution in [0, 0.1) is 5.92 Å². The minimum Gasteiger partial charge on any atom is -0.388 e. The van der Waals surface area contributed by atoms with Crippen LogP contribution in [0.4, 0.5) is 0 Å². The van der Waals surface area contributed by atoms with Crippen LogP contribution in [0.2, 0.25) is 0 Å². The molecule has 3 unspecified atom stereocenters. The van der Waals surface area contributed by atoms with Crippen molar-refractivity contribution in [2.24, 2.45) is 5.92 Å². The fraction of sp³-hybridized carbons (Fsp3) is 0.533. The van der Waals surface area contributed by atoms with Gasteiger partial charge in [-0.2, -0.15) is 0 Å². The summed E-state index contributed by atoms with van der Waals surface area (Å²) in [5.41, 5.74) is 0.895. The zero-order valence-corrected chi connectivity index (χ0v) is 11.3. The molecule has 1 fully saturated rings. The number of carbonyl (C=O) groups is 1. The fourth-order valence-corrected chi connectivity index (χ4v) is 2.44. The Hall–Kier alpha value is -1.39. The second kappa shape index (κ2) is 6.68. The van der Waals surface area contributed by atoms with Gasteiger partial charge >= 0.3 is 0 Å². The molecule has 1 heterocycles. The van der Waals surface area contributed by atoms with E-state index in [1.165, 1.54) is 0 Å². The number of aliphatic hydroxyl groups is 1. The third kappa shape index (κ3) is 4.04. The molecule has 0 saturated carbocycles. The number of hydrogen-bond donors (Lipinski definition) is 3. The van der Waals surface area contributed by atoms with E-state index in [0.29, 0.717) is 6.42 Å². The zero-order valence-electron chi connectivity index (χ0n) is 11.3. The molecular formula is C15H22N2O2. The van der Waals surface area contributed by atoms with Gasteiger partial charge in [0.25, 0.3) is 0 Å². The first-order chi connectivity index (χ1) is 9.16. The molecule has 1 aliphatic rings. The standard InChI is InChI=1S/C15H22N2O2/c1-11(17-15(19)13-7-8-16-10-13)9-14(18)12-5-3-2-4-6-12/h2-6,11,13-14,16,18H,7-10H2,1H3,(H,17,19). The largest absolute Gasteiger partial charge is 0.388 e. The number of benzene rings is 1. The lowest BCUT2D eigenvalue weighted by molar-refractivity contribution is -0.125. The molecule has 3 N–H and O–H groups in total. The van der Waals surface area contributed by atoms with Gasteiger partial charge in [-0.25, -0.2) is 0 Å². The quantitative estimate of drug-likeness (QED) is 0.748. The molecule has 0 aromatic heterocycles. The van der Waals surface area contributed by atoms with Crippen LogP contribution >= 0.6 is 0 Å². The molecule has 4 nitrogen and oxygen atoms in total. The van der Waals surface area contributed by atoms with E-state index >= 15 is 0 Å². The molecule has 1 aromatic rings. The summed E-state index contributed by atoms with van der Waals surface area (Å²) in [5.74, 6) is 0.175. The highest BCUT2D eigenvalue weighted by Gasteiger charge is 2.24. The van der Waals surface area contributed by atoms with E-state index in [4.69, 9.17) is 0 Å². The van der Waals surface area contributed by atoms with E-state index in [0.717, 1.165) is 25.1 Å². The Labute approximate surface area is 114 Å². The summed E-state index contributed by atoms with van der Waals surface area (Å²) >= 11 is 0. The van der Waals surface area contributed by atoms with Gasteiger partial charge in [0.1, 0.15) is 0 Å². The predicted octanol–water partition coefficient (Wildman–Crippen LogP) is 1.22. The lowest BCUT2D eigenvalue weighted by Gasteiger charge is -2.20. The van der Waals surface area contributed by atoms with Crippen LogP contribution in [0.1, 0.15) is 31.4 Å². The fourth-order valence-electron chi connectivity index (χ4n) is 2.44. The maximum absolute atomic E-state index is 11.9. The normalized spacial score (nSPS) is 21.9. The van der Waals surface area contributed by atoms with Gasteiger partial charge in [0, 0.05) is 12.6 Å². The van der Waals surface area contributed by atoms with Crippen molar-refractivity contribution in [3.63, 3.8) is 0 Å². The van der Waals surface area contributed by atoms with Crippen molar-refractivity contribution >= 4 is 5.91 Å². The van der Waals surface area contributed by atoms with Crippen LogP contribution in [0.15, 0.2) is 30.3 Å². The van der Waals surface area contributed by atoms with E-state index in [1.54, 1.807) is 0 Å². The molecule has 0 aliphatic carbocycles. The summed E-state index contributed by atoms with van der Waals surface area (Å²) in [6, 6.07) is 9.52. The van der Waals surface area contributed by atoms with Crippen LogP contribution in [-0.4, -0.2) is 30.1 Å². The molecule has 1 aliphatic heterocycles. The lowest BCUT2D eigenvalue weighted by atomic mass is 10.0. The van der Waals surface area contributed by atoms with Crippen molar-refractivity contribution < 1.29 is 9.90 Å². The molecule has 104 valence electrons. The highest BCUT2D eigenvalue weighted by molar-refractivity contribution is 5.79. The first-order valence-electron chi connectivity index (χ1n) is 6.91. The van der Waals surface area contributed by atoms with Crippen LogP contribution in [0.25, 0.3) is 0 Å². The summed E-state index contributed by atoms with van der Waals surface area (Å²) in [7, 11) is 0. The van der Waals surface area contributed by atoms with E-state index in [2.05, 4.69) is 10.6 Å². The van der Waals surface area contributed by atoms with Gasteiger partial charge in [0.15, 0.2) is 0 Å². The van der Waals surface area contributed by atoms with Gasteiger partial charge in [-0.1, -0.05) is 30.3 Å². The van der Waals surface area contributed by atoms with Crippen molar-refractivity contribution in [1.29, 1.82) is 0 Å². The zero-order chi connectivity index (χ0) is 13.7. The lowest BCUT2D eigenvalue weighted by Crippen LogP contribution is -2.38. The maximum atomic E-state index is 11.9. The molecule has 3 atom stereocenters. The number of aliphatic hydroxyl groups excluding tert-OH is 1. The number of rotatable bonds is 5. The average molecular weight is 262 g/mol. The third-order valence-corrected chi connectivity index (χ3v) is 3.58. The number of hydrogen-bond acceptors (Lipinski definition) is 3. The SMILES string of the molecule is CC(CC(O)c1ccccc1)NC(=O)C1CCNC1. The minimum absolute atomic E-state index is 0.0247. The molecule has 1 amide bonds.